The molecule has 0 aliphatic heterocycles. The van der Waals surface area contributed by atoms with Gasteiger partial charge >= 0.3 is 5.97 Å². The molecule has 0 amide bonds. The van der Waals surface area contributed by atoms with Gasteiger partial charge in [-0.1, -0.05) is 32.4 Å². The first-order valence-electron chi connectivity index (χ1n) is 9.89. The average molecular weight is 360 g/mol. The molecule has 26 heavy (non-hydrogen) atoms. The summed E-state index contributed by atoms with van der Waals surface area (Å²) < 4.78 is 5.24. The molecule has 0 aromatic carbocycles. The maximum atomic E-state index is 13.2. The van der Waals surface area contributed by atoms with Crippen LogP contribution in [0.15, 0.2) is 22.8 Å². The van der Waals surface area contributed by atoms with Crippen molar-refractivity contribution in [2.24, 2.45) is 22.7 Å². The first-order valence-corrected chi connectivity index (χ1v) is 9.89. The predicted octanol–water partition coefficient (Wildman–Crippen LogP) is 3.98. The second-order valence-corrected chi connectivity index (χ2v) is 8.93. The van der Waals surface area contributed by atoms with Crippen LogP contribution in [0.25, 0.3) is 0 Å². The van der Waals surface area contributed by atoms with Crippen molar-refractivity contribution in [2.75, 3.05) is 7.11 Å². The number of ketones is 1. The van der Waals surface area contributed by atoms with Crippen molar-refractivity contribution in [3.8, 4) is 0 Å². The second kappa shape index (κ2) is 6.63. The summed E-state index contributed by atoms with van der Waals surface area (Å²) >= 11 is 0. The number of fused-ring (bicyclic) bond motifs is 3. The van der Waals surface area contributed by atoms with Crippen molar-refractivity contribution in [1.82, 2.24) is 0 Å². The minimum atomic E-state index is -0.602. The highest BCUT2D eigenvalue weighted by atomic mass is 16.5. The molecule has 144 valence electrons. The van der Waals surface area contributed by atoms with E-state index in [0.717, 1.165) is 18.4 Å². The molecule has 1 N–H and O–H groups in total. The van der Waals surface area contributed by atoms with Crippen molar-refractivity contribution in [2.45, 2.75) is 72.3 Å². The average Bonchev–Trinajstić information content (AvgIpc) is 2.93. The molecule has 1 saturated carbocycles. The zero-order valence-electron chi connectivity index (χ0n) is 16.7. The summed E-state index contributed by atoms with van der Waals surface area (Å²) in [6.45, 7) is 8.15. The van der Waals surface area contributed by atoms with Gasteiger partial charge < -0.3 is 9.84 Å². The SMILES string of the molecule is COC(=O)[C@]12CCC(C(C)C)=C1[C@H]1CC=C(C(C)O)CC(=O)[C@]1(C)CC2. The van der Waals surface area contributed by atoms with E-state index in [1.54, 1.807) is 6.92 Å². The van der Waals surface area contributed by atoms with Gasteiger partial charge in [-0.3, -0.25) is 9.59 Å². The van der Waals surface area contributed by atoms with E-state index in [-0.39, 0.29) is 17.7 Å². The largest absolute Gasteiger partial charge is 0.468 e. The first kappa shape index (κ1) is 19.3. The van der Waals surface area contributed by atoms with Crippen LogP contribution in [0, 0.1) is 22.7 Å². The number of hydrogen-bond acceptors (Lipinski definition) is 4. The normalized spacial score (nSPS) is 35.6. The number of hydrogen-bond donors (Lipinski definition) is 1. The summed E-state index contributed by atoms with van der Waals surface area (Å²) in [6, 6.07) is 0. The van der Waals surface area contributed by atoms with Crippen LogP contribution in [0.3, 0.4) is 0 Å². The van der Waals surface area contributed by atoms with Crippen LogP contribution < -0.4 is 0 Å². The summed E-state index contributed by atoms with van der Waals surface area (Å²) in [5.41, 5.74) is 2.32. The van der Waals surface area contributed by atoms with E-state index >= 15 is 0 Å². The number of aliphatic hydroxyl groups excluding tert-OH is 1. The number of rotatable bonds is 3. The molecule has 0 radical (unpaired) electrons. The Labute approximate surface area is 156 Å². The zero-order chi connectivity index (χ0) is 19.3. The predicted molar refractivity (Wildman–Crippen MR) is 100 cm³/mol. The van der Waals surface area contributed by atoms with E-state index < -0.39 is 16.9 Å². The minimum absolute atomic E-state index is 0.0269. The summed E-state index contributed by atoms with van der Waals surface area (Å²) in [4.78, 5) is 26.1. The molecular formula is C22H32O4. The molecule has 4 heteroatoms. The Kier molecular flexibility index (Phi) is 4.93. The molecule has 0 spiro atoms. The van der Waals surface area contributed by atoms with Crippen molar-refractivity contribution in [3.63, 3.8) is 0 Å². The van der Waals surface area contributed by atoms with Crippen molar-refractivity contribution in [3.05, 3.63) is 22.8 Å². The van der Waals surface area contributed by atoms with E-state index in [9.17, 15) is 14.7 Å². The zero-order valence-corrected chi connectivity index (χ0v) is 16.7. The molecule has 3 aliphatic carbocycles. The summed E-state index contributed by atoms with van der Waals surface area (Å²) in [7, 11) is 1.47. The van der Waals surface area contributed by atoms with E-state index in [1.165, 1.54) is 18.3 Å². The van der Waals surface area contributed by atoms with Crippen molar-refractivity contribution >= 4 is 11.8 Å². The Hall–Kier alpha value is -1.42. The van der Waals surface area contributed by atoms with Gasteiger partial charge in [0.05, 0.1) is 18.6 Å². The van der Waals surface area contributed by atoms with Crippen LogP contribution in [0.4, 0.5) is 0 Å². The Morgan fingerprint density at radius 3 is 2.54 bits per heavy atom. The number of methoxy groups -OCH3 is 1. The Morgan fingerprint density at radius 2 is 1.96 bits per heavy atom. The Bertz CT molecular complexity index is 684. The quantitative estimate of drug-likeness (QED) is 0.611. The third-order valence-electron chi connectivity index (χ3n) is 7.30. The molecule has 0 aromatic rings. The van der Waals surface area contributed by atoms with Gasteiger partial charge in [-0.25, -0.2) is 0 Å². The fourth-order valence-electron chi connectivity index (χ4n) is 5.58. The van der Waals surface area contributed by atoms with E-state index in [0.29, 0.717) is 31.6 Å². The van der Waals surface area contributed by atoms with Gasteiger partial charge in [0.25, 0.3) is 0 Å². The highest BCUT2D eigenvalue weighted by Gasteiger charge is 2.59. The fourth-order valence-corrected chi connectivity index (χ4v) is 5.58. The highest BCUT2D eigenvalue weighted by molar-refractivity contribution is 5.90. The van der Waals surface area contributed by atoms with Crippen LogP contribution in [-0.2, 0) is 14.3 Å². The number of carbonyl (C=O) groups is 2. The highest BCUT2D eigenvalue weighted by Crippen LogP contribution is 2.62. The van der Waals surface area contributed by atoms with Crippen LogP contribution in [0.2, 0.25) is 0 Å². The molecule has 0 heterocycles. The Morgan fingerprint density at radius 1 is 1.27 bits per heavy atom. The molecule has 4 nitrogen and oxygen atoms in total. The van der Waals surface area contributed by atoms with Crippen LogP contribution >= 0.6 is 0 Å². The van der Waals surface area contributed by atoms with Gasteiger partial charge in [0.2, 0.25) is 0 Å². The number of ether oxygens (including phenoxy) is 1. The third-order valence-corrected chi connectivity index (χ3v) is 7.30. The standard InChI is InChI=1S/C22H32O4/c1-13(2)16-8-9-22(20(25)26-5)11-10-21(4)17(19(16)22)7-6-15(14(3)23)12-18(21)24/h6,13-14,17,23H,7-12H2,1-5H3/t14?,17-,21-,22+/m1/s1. The molecule has 0 saturated heterocycles. The van der Waals surface area contributed by atoms with Gasteiger partial charge in [-0.2, -0.15) is 0 Å². The molecule has 0 bridgehead atoms. The van der Waals surface area contributed by atoms with E-state index in [4.69, 9.17) is 4.74 Å². The smallest absolute Gasteiger partial charge is 0.315 e. The number of allylic oxidation sites excluding steroid dienone is 2. The lowest BCUT2D eigenvalue weighted by Gasteiger charge is -2.48. The first-order chi connectivity index (χ1) is 12.2. The van der Waals surface area contributed by atoms with E-state index in [2.05, 4.69) is 26.8 Å². The lowest BCUT2D eigenvalue weighted by Crippen LogP contribution is -2.48. The number of esters is 1. The van der Waals surface area contributed by atoms with Gasteiger partial charge in [0.15, 0.2) is 0 Å². The lowest BCUT2D eigenvalue weighted by atomic mass is 9.54. The summed E-state index contributed by atoms with van der Waals surface area (Å²) in [6.07, 6.45) is 5.60. The topological polar surface area (TPSA) is 63.6 Å². The van der Waals surface area contributed by atoms with E-state index in [1.807, 2.05) is 0 Å². The Balaban J connectivity index is 2.16. The number of carbonyl (C=O) groups excluding carboxylic acids is 2. The monoisotopic (exact) mass is 360 g/mol. The van der Waals surface area contributed by atoms with Crippen LogP contribution in [0.1, 0.15) is 66.2 Å². The number of aliphatic hydroxyl groups is 1. The third kappa shape index (κ3) is 2.69. The molecule has 1 unspecified atom stereocenters. The van der Waals surface area contributed by atoms with Gasteiger partial charge in [-0.15, -0.1) is 0 Å². The van der Waals surface area contributed by atoms with Crippen LogP contribution in [-0.4, -0.2) is 30.1 Å². The molecule has 3 aliphatic rings. The van der Waals surface area contributed by atoms with Gasteiger partial charge in [-0.05, 0) is 62.0 Å². The van der Waals surface area contributed by atoms with Gasteiger partial charge in [0, 0.05) is 11.8 Å². The maximum Gasteiger partial charge on any atom is 0.315 e. The molecule has 1 fully saturated rings. The molecule has 0 aromatic heterocycles. The molecule has 4 atom stereocenters. The summed E-state index contributed by atoms with van der Waals surface area (Å²) in [5, 5.41) is 10.0. The molecule has 3 rings (SSSR count). The maximum absolute atomic E-state index is 13.2. The summed E-state index contributed by atoms with van der Waals surface area (Å²) in [5.74, 6) is 0.450. The fraction of sp³-hybridized carbons (Fsp3) is 0.727. The molecular weight excluding hydrogens is 328 g/mol. The number of Topliss-reactive ketones (excluding diaryl/α,β-unsaturated/α-hetero) is 1. The van der Waals surface area contributed by atoms with Gasteiger partial charge in [0.1, 0.15) is 5.78 Å². The van der Waals surface area contributed by atoms with Crippen molar-refractivity contribution < 1.29 is 19.4 Å². The van der Waals surface area contributed by atoms with Crippen molar-refractivity contribution in [1.29, 1.82) is 0 Å². The second-order valence-electron chi connectivity index (χ2n) is 8.93. The minimum Gasteiger partial charge on any atom is -0.468 e. The lowest BCUT2D eigenvalue weighted by molar-refractivity contribution is -0.155. The van der Waals surface area contributed by atoms with Crippen LogP contribution in [0.5, 0.6) is 0 Å².